The predicted molar refractivity (Wildman–Crippen MR) is 200 cm³/mol. The molecule has 1 spiro atoms. The van der Waals surface area contributed by atoms with Crippen molar-refractivity contribution < 1.29 is 0 Å². The van der Waals surface area contributed by atoms with Crippen molar-refractivity contribution in [2.24, 2.45) is 11.8 Å². The Morgan fingerprint density at radius 1 is 0.458 bits per heavy atom. The molecule has 0 aliphatic heterocycles. The molecule has 0 heterocycles. The quantitative estimate of drug-likeness (QED) is 0.169. The Morgan fingerprint density at radius 3 is 1.83 bits per heavy atom. The molecule has 4 atom stereocenters. The summed E-state index contributed by atoms with van der Waals surface area (Å²) in [5.74, 6) is 1.79. The molecule has 7 aromatic carbocycles. The number of fused-ring (bicyclic) bond motifs is 9. The molecule has 0 N–H and O–H groups in total. The van der Waals surface area contributed by atoms with E-state index in [1.54, 1.807) is 11.1 Å². The third-order valence-corrected chi connectivity index (χ3v) is 12.1. The van der Waals surface area contributed by atoms with Crippen LogP contribution in [-0.2, 0) is 5.41 Å². The van der Waals surface area contributed by atoms with Crippen LogP contribution in [0.15, 0.2) is 164 Å². The monoisotopic (exact) mass is 614 g/mol. The van der Waals surface area contributed by atoms with E-state index >= 15 is 0 Å². The number of rotatable bonds is 5. The molecule has 2 saturated carbocycles. The molecular formula is C48H38. The molecule has 0 heteroatoms. The summed E-state index contributed by atoms with van der Waals surface area (Å²) >= 11 is 0. The molecule has 3 aliphatic carbocycles. The van der Waals surface area contributed by atoms with Crippen LogP contribution in [0, 0.1) is 11.8 Å². The van der Waals surface area contributed by atoms with E-state index in [9.17, 15) is 0 Å². The van der Waals surface area contributed by atoms with Gasteiger partial charge in [0.05, 0.1) is 0 Å². The third kappa shape index (κ3) is 4.22. The van der Waals surface area contributed by atoms with Gasteiger partial charge in [0.1, 0.15) is 0 Å². The average molecular weight is 615 g/mol. The highest BCUT2D eigenvalue weighted by molar-refractivity contribution is 5.93. The molecule has 0 saturated heterocycles. The van der Waals surface area contributed by atoms with Crippen LogP contribution in [0.5, 0.6) is 0 Å². The van der Waals surface area contributed by atoms with Gasteiger partial charge in [-0.2, -0.15) is 0 Å². The van der Waals surface area contributed by atoms with E-state index in [1.807, 2.05) is 0 Å². The van der Waals surface area contributed by atoms with Gasteiger partial charge >= 0.3 is 0 Å². The largest absolute Gasteiger partial charge is 0.0622 e. The van der Waals surface area contributed by atoms with Crippen molar-refractivity contribution in [3.63, 3.8) is 0 Å². The van der Waals surface area contributed by atoms with Gasteiger partial charge in [-0.05, 0) is 103 Å². The van der Waals surface area contributed by atoms with Gasteiger partial charge in [0.15, 0.2) is 0 Å². The predicted octanol–water partition coefficient (Wildman–Crippen LogP) is 12.4. The minimum Gasteiger partial charge on any atom is -0.0622 e. The minimum atomic E-state index is 0.132. The molecule has 4 unspecified atom stereocenters. The Morgan fingerprint density at radius 2 is 1.08 bits per heavy atom. The zero-order valence-corrected chi connectivity index (χ0v) is 27.1. The standard InChI is InChI=1S/C48H38/c1-2-9-33(10-3-1)35-18-23-37(24-19-35)46(40-27-20-34-11-4-5-12-39(34)30-40)38-25-21-36(22-26-38)42-14-8-16-45-47(42)43-13-6-7-15-44(43)48(45)31-32-17-28-41(48)29-32/h1-16,18-27,30,32,41,46H,17,28-29,31H2. The van der Waals surface area contributed by atoms with Crippen molar-refractivity contribution in [1.29, 1.82) is 0 Å². The highest BCUT2D eigenvalue weighted by atomic mass is 14.6. The van der Waals surface area contributed by atoms with Crippen LogP contribution in [0.1, 0.15) is 59.4 Å². The van der Waals surface area contributed by atoms with Gasteiger partial charge in [-0.3, -0.25) is 0 Å². The van der Waals surface area contributed by atoms with Gasteiger partial charge in [-0.1, -0.05) is 170 Å². The molecule has 230 valence electrons. The average Bonchev–Trinajstić information content (AvgIpc) is 3.86. The Labute approximate surface area is 283 Å². The van der Waals surface area contributed by atoms with E-state index in [4.69, 9.17) is 0 Å². The Kier molecular flexibility index (Phi) is 6.34. The Balaban J connectivity index is 1.08. The maximum atomic E-state index is 2.46. The lowest BCUT2D eigenvalue weighted by atomic mass is 9.66. The smallest absolute Gasteiger partial charge is 0.0340 e. The maximum absolute atomic E-state index is 2.46. The first-order valence-corrected chi connectivity index (χ1v) is 17.7. The van der Waals surface area contributed by atoms with Crippen molar-refractivity contribution in [3.05, 3.63) is 192 Å². The van der Waals surface area contributed by atoms with E-state index in [2.05, 4.69) is 164 Å². The summed E-state index contributed by atoms with van der Waals surface area (Å²) in [5.41, 5.74) is 15.5. The molecule has 0 nitrogen and oxygen atoms in total. The summed E-state index contributed by atoms with van der Waals surface area (Å²) in [5, 5.41) is 2.56. The van der Waals surface area contributed by atoms with E-state index in [1.165, 1.54) is 86.5 Å². The molecular weight excluding hydrogens is 577 g/mol. The van der Waals surface area contributed by atoms with Crippen molar-refractivity contribution in [3.8, 4) is 33.4 Å². The summed E-state index contributed by atoms with van der Waals surface area (Å²) in [4.78, 5) is 0. The van der Waals surface area contributed by atoms with Gasteiger partial charge in [-0.25, -0.2) is 0 Å². The Hall–Kier alpha value is -5.20. The van der Waals surface area contributed by atoms with Crippen LogP contribution in [0.4, 0.5) is 0 Å². The van der Waals surface area contributed by atoms with Gasteiger partial charge in [0.25, 0.3) is 0 Å². The zero-order chi connectivity index (χ0) is 31.7. The molecule has 3 aliphatic rings. The highest BCUT2D eigenvalue weighted by Gasteiger charge is 2.56. The van der Waals surface area contributed by atoms with E-state index in [-0.39, 0.29) is 11.3 Å². The molecule has 0 radical (unpaired) electrons. The first kappa shape index (κ1) is 27.9. The topological polar surface area (TPSA) is 0 Å². The molecule has 10 rings (SSSR count). The molecule has 0 aromatic heterocycles. The summed E-state index contributed by atoms with van der Waals surface area (Å²) in [6.45, 7) is 0. The second kappa shape index (κ2) is 10.9. The lowest BCUT2D eigenvalue weighted by Crippen LogP contribution is -2.31. The van der Waals surface area contributed by atoms with Crippen LogP contribution in [0.2, 0.25) is 0 Å². The van der Waals surface area contributed by atoms with E-state index < -0.39 is 0 Å². The van der Waals surface area contributed by atoms with Crippen LogP contribution in [0.3, 0.4) is 0 Å². The normalized spacial score (nSPS) is 21.0. The Bertz CT molecular complexity index is 2290. The van der Waals surface area contributed by atoms with Crippen molar-refractivity contribution in [2.45, 2.75) is 37.0 Å². The van der Waals surface area contributed by atoms with Crippen LogP contribution in [0.25, 0.3) is 44.2 Å². The van der Waals surface area contributed by atoms with E-state index in [0.29, 0.717) is 0 Å². The first-order valence-electron chi connectivity index (χ1n) is 17.7. The molecule has 0 amide bonds. The summed E-state index contributed by atoms with van der Waals surface area (Å²) in [6.07, 6.45) is 5.51. The SMILES string of the molecule is c1ccc(-c2ccc(C(c3ccc(-c4cccc5c4-c4ccccc4C54CC5CCC4C5)cc3)c3ccc4ccccc4c3)cc2)cc1. The maximum Gasteiger partial charge on any atom is 0.0340 e. The summed E-state index contributed by atoms with van der Waals surface area (Å²) in [6, 6.07) is 61.6. The van der Waals surface area contributed by atoms with Gasteiger partial charge in [-0.15, -0.1) is 0 Å². The van der Waals surface area contributed by atoms with Crippen LogP contribution < -0.4 is 0 Å². The fraction of sp³-hybridized carbons (Fsp3) is 0.167. The summed E-state index contributed by atoms with van der Waals surface area (Å²) in [7, 11) is 0. The van der Waals surface area contributed by atoms with Crippen LogP contribution in [-0.4, -0.2) is 0 Å². The summed E-state index contributed by atoms with van der Waals surface area (Å²) < 4.78 is 0. The minimum absolute atomic E-state index is 0.132. The first-order chi connectivity index (χ1) is 23.8. The molecule has 48 heavy (non-hydrogen) atoms. The number of hydrogen-bond donors (Lipinski definition) is 0. The fourth-order valence-electron chi connectivity index (χ4n) is 10.00. The molecule has 7 aromatic rings. The fourth-order valence-corrected chi connectivity index (χ4v) is 10.00. The second-order valence-corrected chi connectivity index (χ2v) is 14.5. The highest BCUT2D eigenvalue weighted by Crippen LogP contribution is 2.66. The van der Waals surface area contributed by atoms with Crippen molar-refractivity contribution in [2.75, 3.05) is 0 Å². The van der Waals surface area contributed by atoms with Crippen LogP contribution >= 0.6 is 0 Å². The zero-order valence-electron chi connectivity index (χ0n) is 27.1. The van der Waals surface area contributed by atoms with Gasteiger partial charge in [0.2, 0.25) is 0 Å². The third-order valence-electron chi connectivity index (χ3n) is 12.1. The van der Waals surface area contributed by atoms with Gasteiger partial charge < -0.3 is 0 Å². The van der Waals surface area contributed by atoms with Crippen molar-refractivity contribution >= 4 is 10.8 Å². The van der Waals surface area contributed by atoms with Crippen molar-refractivity contribution in [1.82, 2.24) is 0 Å². The lowest BCUT2D eigenvalue weighted by Gasteiger charge is -2.36. The van der Waals surface area contributed by atoms with E-state index in [0.717, 1.165) is 11.8 Å². The number of hydrogen-bond acceptors (Lipinski definition) is 0. The van der Waals surface area contributed by atoms with Gasteiger partial charge in [0, 0.05) is 11.3 Å². The number of benzene rings is 7. The molecule has 2 fully saturated rings. The lowest BCUT2D eigenvalue weighted by molar-refractivity contribution is 0.327. The molecule has 2 bridgehead atoms. The second-order valence-electron chi connectivity index (χ2n) is 14.5.